The molecule has 1 aromatic heterocycles. The van der Waals surface area contributed by atoms with E-state index in [1.165, 1.54) is 0 Å². The highest BCUT2D eigenvalue weighted by atomic mass is 79.9. The lowest BCUT2D eigenvalue weighted by Crippen LogP contribution is -2.26. The van der Waals surface area contributed by atoms with E-state index in [0.29, 0.717) is 6.54 Å². The zero-order chi connectivity index (χ0) is 9.84. The maximum atomic E-state index is 9.05. The Balaban J connectivity index is 2.44. The Kier molecular flexibility index (Phi) is 3.96. The quantitative estimate of drug-likeness (QED) is 0.857. The van der Waals surface area contributed by atoms with Crippen LogP contribution in [0.25, 0.3) is 0 Å². The molecule has 0 saturated heterocycles. The number of aliphatic hydroxyl groups is 1. The van der Waals surface area contributed by atoms with Crippen molar-refractivity contribution in [2.24, 2.45) is 0 Å². The van der Waals surface area contributed by atoms with E-state index in [2.05, 4.69) is 21.2 Å². The van der Waals surface area contributed by atoms with Crippen LogP contribution in [0.5, 0.6) is 0 Å². The summed E-state index contributed by atoms with van der Waals surface area (Å²) < 4.78 is 6.08. The molecule has 0 radical (unpaired) electrons. The molecule has 0 aliphatic rings. The van der Waals surface area contributed by atoms with E-state index in [-0.39, 0.29) is 12.1 Å². The van der Waals surface area contributed by atoms with Gasteiger partial charge in [-0.05, 0) is 41.9 Å². The van der Waals surface area contributed by atoms with E-state index < -0.39 is 0 Å². The van der Waals surface area contributed by atoms with Gasteiger partial charge in [0, 0.05) is 6.54 Å². The minimum atomic E-state index is -0.333. The first kappa shape index (κ1) is 10.8. The smallest absolute Gasteiger partial charge is 0.169 e. The summed E-state index contributed by atoms with van der Waals surface area (Å²) in [6, 6.07) is 3.89. The molecule has 0 aliphatic carbocycles. The van der Waals surface area contributed by atoms with Gasteiger partial charge in [-0.1, -0.05) is 0 Å². The van der Waals surface area contributed by atoms with Gasteiger partial charge < -0.3 is 14.8 Å². The van der Waals surface area contributed by atoms with Crippen molar-refractivity contribution in [3.8, 4) is 0 Å². The van der Waals surface area contributed by atoms with Gasteiger partial charge in [-0.3, -0.25) is 0 Å². The van der Waals surface area contributed by atoms with Crippen LogP contribution in [0, 0.1) is 0 Å². The summed E-state index contributed by atoms with van der Waals surface area (Å²) >= 11 is 3.24. The molecule has 3 nitrogen and oxygen atoms in total. The van der Waals surface area contributed by atoms with Crippen LogP contribution < -0.4 is 5.32 Å². The van der Waals surface area contributed by atoms with Crippen molar-refractivity contribution >= 4 is 15.9 Å². The highest BCUT2D eigenvalue weighted by Crippen LogP contribution is 2.19. The zero-order valence-electron chi connectivity index (χ0n) is 7.75. The van der Waals surface area contributed by atoms with Gasteiger partial charge in [0.25, 0.3) is 0 Å². The summed E-state index contributed by atoms with van der Waals surface area (Å²) in [5.74, 6) is 0.868. The van der Waals surface area contributed by atoms with E-state index in [9.17, 15) is 0 Å². The van der Waals surface area contributed by atoms with Gasteiger partial charge in [-0.2, -0.15) is 0 Å². The van der Waals surface area contributed by atoms with Crippen molar-refractivity contribution in [1.29, 1.82) is 0 Å². The molecule has 4 heteroatoms. The average molecular weight is 248 g/mol. The minimum Gasteiger partial charge on any atom is -0.453 e. The van der Waals surface area contributed by atoms with Crippen LogP contribution in [0.1, 0.15) is 25.6 Å². The summed E-state index contributed by atoms with van der Waals surface area (Å²) in [7, 11) is 0. The Morgan fingerprint density at radius 1 is 1.54 bits per heavy atom. The Bertz CT molecular complexity index is 260. The Labute approximate surface area is 86.3 Å². The van der Waals surface area contributed by atoms with Gasteiger partial charge >= 0.3 is 0 Å². The molecule has 0 aliphatic heterocycles. The van der Waals surface area contributed by atoms with E-state index in [4.69, 9.17) is 9.52 Å². The van der Waals surface area contributed by atoms with Crippen LogP contribution >= 0.6 is 15.9 Å². The molecule has 74 valence electrons. The fraction of sp³-hybridized carbons (Fsp3) is 0.556. The van der Waals surface area contributed by atoms with Crippen molar-refractivity contribution in [1.82, 2.24) is 5.32 Å². The maximum Gasteiger partial charge on any atom is 0.169 e. The molecular weight excluding hydrogens is 234 g/mol. The van der Waals surface area contributed by atoms with Crippen LogP contribution in [-0.2, 0) is 0 Å². The molecule has 13 heavy (non-hydrogen) atoms. The molecular formula is C9H14BrNO2. The Hall–Kier alpha value is -0.320. The van der Waals surface area contributed by atoms with E-state index in [1.54, 1.807) is 6.92 Å². The monoisotopic (exact) mass is 247 g/mol. The van der Waals surface area contributed by atoms with Crippen molar-refractivity contribution in [2.75, 3.05) is 6.54 Å². The average Bonchev–Trinajstić information content (AvgIpc) is 2.47. The van der Waals surface area contributed by atoms with Crippen LogP contribution in [0.15, 0.2) is 21.2 Å². The van der Waals surface area contributed by atoms with Crippen molar-refractivity contribution in [3.05, 3.63) is 22.6 Å². The molecule has 2 N–H and O–H groups in total. The molecule has 1 heterocycles. The standard InChI is InChI=1S/C9H14BrNO2/c1-6(12)5-11-7(2)8-3-4-9(10)13-8/h3-4,6-7,11-12H,5H2,1-2H3. The lowest BCUT2D eigenvalue weighted by atomic mass is 10.2. The molecule has 1 rings (SSSR count). The van der Waals surface area contributed by atoms with Crippen molar-refractivity contribution in [3.63, 3.8) is 0 Å². The topological polar surface area (TPSA) is 45.4 Å². The molecule has 0 aromatic carbocycles. The van der Waals surface area contributed by atoms with E-state index in [1.807, 2.05) is 19.1 Å². The normalized spacial score (nSPS) is 15.7. The number of halogens is 1. The number of furan rings is 1. The van der Waals surface area contributed by atoms with Crippen LogP contribution in [0.2, 0.25) is 0 Å². The van der Waals surface area contributed by atoms with Crippen LogP contribution in [0.3, 0.4) is 0 Å². The second-order valence-electron chi connectivity index (χ2n) is 3.12. The fourth-order valence-corrected chi connectivity index (χ4v) is 1.33. The number of hydrogen-bond acceptors (Lipinski definition) is 3. The largest absolute Gasteiger partial charge is 0.453 e. The third-order valence-corrected chi connectivity index (χ3v) is 2.17. The molecule has 2 unspecified atom stereocenters. The number of rotatable bonds is 4. The molecule has 0 amide bonds. The fourth-order valence-electron chi connectivity index (χ4n) is 1.01. The van der Waals surface area contributed by atoms with Gasteiger partial charge in [0.2, 0.25) is 0 Å². The first-order chi connectivity index (χ1) is 6.09. The highest BCUT2D eigenvalue weighted by molar-refractivity contribution is 9.10. The molecule has 1 aromatic rings. The molecule has 0 fully saturated rings. The first-order valence-electron chi connectivity index (χ1n) is 4.26. The number of hydrogen-bond donors (Lipinski definition) is 2. The lowest BCUT2D eigenvalue weighted by molar-refractivity contribution is 0.185. The molecule has 0 saturated carbocycles. The van der Waals surface area contributed by atoms with Crippen molar-refractivity contribution < 1.29 is 9.52 Å². The molecule has 0 spiro atoms. The summed E-state index contributed by atoms with van der Waals surface area (Å²) in [6.07, 6.45) is -0.333. The van der Waals surface area contributed by atoms with Crippen LogP contribution in [0.4, 0.5) is 0 Å². The number of aliphatic hydroxyl groups excluding tert-OH is 1. The van der Waals surface area contributed by atoms with Gasteiger partial charge in [-0.25, -0.2) is 0 Å². The van der Waals surface area contributed by atoms with Gasteiger partial charge in [0.15, 0.2) is 4.67 Å². The van der Waals surface area contributed by atoms with Crippen LogP contribution in [-0.4, -0.2) is 17.8 Å². The summed E-state index contributed by atoms with van der Waals surface area (Å²) in [5, 5.41) is 12.2. The van der Waals surface area contributed by atoms with Gasteiger partial charge in [0.1, 0.15) is 5.76 Å². The van der Waals surface area contributed by atoms with Gasteiger partial charge in [-0.15, -0.1) is 0 Å². The predicted molar refractivity (Wildman–Crippen MR) is 54.5 cm³/mol. The Morgan fingerprint density at radius 3 is 2.69 bits per heavy atom. The van der Waals surface area contributed by atoms with Gasteiger partial charge in [0.05, 0.1) is 12.1 Å². The zero-order valence-corrected chi connectivity index (χ0v) is 9.34. The lowest BCUT2D eigenvalue weighted by Gasteiger charge is -2.12. The number of nitrogens with one attached hydrogen (secondary N) is 1. The second-order valence-corrected chi connectivity index (χ2v) is 3.90. The SMILES string of the molecule is CC(O)CNC(C)c1ccc(Br)o1. The second kappa shape index (κ2) is 4.79. The summed E-state index contributed by atoms with van der Waals surface area (Å²) in [6.45, 7) is 4.31. The van der Waals surface area contributed by atoms with E-state index >= 15 is 0 Å². The predicted octanol–water partition coefficient (Wildman–Crippen LogP) is 2.07. The van der Waals surface area contributed by atoms with Crippen molar-refractivity contribution in [2.45, 2.75) is 26.0 Å². The highest BCUT2D eigenvalue weighted by Gasteiger charge is 2.09. The van der Waals surface area contributed by atoms with E-state index in [0.717, 1.165) is 10.4 Å². The third kappa shape index (κ3) is 3.50. The summed E-state index contributed by atoms with van der Waals surface area (Å²) in [5.41, 5.74) is 0. The third-order valence-electron chi connectivity index (χ3n) is 1.74. The Morgan fingerprint density at radius 2 is 2.23 bits per heavy atom. The first-order valence-corrected chi connectivity index (χ1v) is 5.05. The molecule has 0 bridgehead atoms. The summed E-state index contributed by atoms with van der Waals surface area (Å²) in [4.78, 5) is 0. The minimum absolute atomic E-state index is 0.126. The molecule has 2 atom stereocenters. The maximum absolute atomic E-state index is 9.05.